The fraction of sp³-hybridized carbons (Fsp3) is 0.300. The molecule has 1 amide bonds. The number of methoxy groups -OCH3 is 2. The van der Waals surface area contributed by atoms with Gasteiger partial charge in [-0.3, -0.25) is 9.59 Å². The van der Waals surface area contributed by atoms with E-state index in [-0.39, 0.29) is 11.7 Å². The zero-order chi connectivity index (χ0) is 18.0. The zero-order valence-electron chi connectivity index (χ0n) is 14.6. The van der Waals surface area contributed by atoms with Crippen molar-refractivity contribution in [3.63, 3.8) is 0 Å². The summed E-state index contributed by atoms with van der Waals surface area (Å²) in [5.74, 6) is -0.519. The van der Waals surface area contributed by atoms with Gasteiger partial charge in [0.25, 0.3) is 0 Å². The van der Waals surface area contributed by atoms with Gasteiger partial charge >= 0.3 is 0 Å². The summed E-state index contributed by atoms with van der Waals surface area (Å²) >= 11 is 0. The lowest BCUT2D eigenvalue weighted by Crippen LogP contribution is -2.34. The van der Waals surface area contributed by atoms with E-state index >= 15 is 0 Å². The summed E-state index contributed by atoms with van der Waals surface area (Å²) in [6.45, 7) is 0.592. The van der Waals surface area contributed by atoms with Gasteiger partial charge in [0.2, 0.25) is 5.91 Å². The first kappa shape index (κ1) is 17.0. The summed E-state index contributed by atoms with van der Waals surface area (Å²) in [6, 6.07) is 12.8. The second-order valence-electron chi connectivity index (χ2n) is 6.05. The van der Waals surface area contributed by atoms with Gasteiger partial charge in [-0.15, -0.1) is 0 Å². The molecule has 0 saturated carbocycles. The topological polar surface area (TPSA) is 55.8 Å². The lowest BCUT2D eigenvalue weighted by Gasteiger charge is -2.21. The zero-order valence-corrected chi connectivity index (χ0v) is 14.6. The molecule has 2 aromatic rings. The Hall–Kier alpha value is -2.82. The number of para-hydroxylation sites is 1. The minimum absolute atomic E-state index is 0.195. The van der Waals surface area contributed by atoms with E-state index in [9.17, 15) is 9.59 Å². The van der Waals surface area contributed by atoms with Crippen molar-refractivity contribution < 1.29 is 19.1 Å². The Balaban J connectivity index is 2.14. The van der Waals surface area contributed by atoms with Crippen LogP contribution < -0.4 is 9.47 Å². The van der Waals surface area contributed by atoms with E-state index in [0.29, 0.717) is 23.6 Å². The van der Waals surface area contributed by atoms with Crippen LogP contribution in [-0.4, -0.2) is 44.4 Å². The van der Waals surface area contributed by atoms with Gasteiger partial charge in [-0.2, -0.15) is 0 Å². The molecule has 25 heavy (non-hydrogen) atoms. The van der Waals surface area contributed by atoms with Crippen LogP contribution in [0.25, 0.3) is 0 Å². The highest BCUT2D eigenvalue weighted by molar-refractivity contribution is 6.16. The molecule has 0 aliphatic carbocycles. The first-order valence-corrected chi connectivity index (χ1v) is 8.16. The van der Waals surface area contributed by atoms with Gasteiger partial charge in [-0.25, -0.2) is 0 Å². The SMILES string of the molecule is COc1cccc(C(=O)[C@H]2C(=O)N(C)CCc3ccccc32)c1OC. The van der Waals surface area contributed by atoms with Crippen molar-refractivity contribution in [1.29, 1.82) is 0 Å². The Morgan fingerprint density at radius 2 is 1.84 bits per heavy atom. The van der Waals surface area contributed by atoms with Gasteiger partial charge in [0.15, 0.2) is 17.3 Å². The third-order valence-electron chi connectivity index (χ3n) is 4.64. The number of amides is 1. The Kier molecular flexibility index (Phi) is 4.74. The highest BCUT2D eigenvalue weighted by Gasteiger charge is 2.36. The van der Waals surface area contributed by atoms with Gasteiger partial charge in [0.1, 0.15) is 5.92 Å². The molecule has 0 unspecified atom stereocenters. The van der Waals surface area contributed by atoms with Crippen LogP contribution in [0.3, 0.4) is 0 Å². The van der Waals surface area contributed by atoms with Crippen LogP contribution in [0.1, 0.15) is 27.4 Å². The summed E-state index contributed by atoms with van der Waals surface area (Å²) in [5.41, 5.74) is 2.15. The quantitative estimate of drug-likeness (QED) is 0.635. The van der Waals surface area contributed by atoms with Crippen LogP contribution in [0.2, 0.25) is 0 Å². The van der Waals surface area contributed by atoms with Crippen LogP contribution in [0.4, 0.5) is 0 Å². The van der Waals surface area contributed by atoms with E-state index in [1.165, 1.54) is 14.2 Å². The lowest BCUT2D eigenvalue weighted by atomic mass is 9.86. The van der Waals surface area contributed by atoms with E-state index in [1.807, 2.05) is 24.3 Å². The molecule has 1 atom stereocenters. The van der Waals surface area contributed by atoms with E-state index in [4.69, 9.17) is 9.47 Å². The molecule has 0 fully saturated rings. The van der Waals surface area contributed by atoms with Gasteiger partial charge < -0.3 is 14.4 Å². The summed E-state index contributed by atoms with van der Waals surface area (Å²) in [5, 5.41) is 0. The van der Waals surface area contributed by atoms with Gasteiger partial charge in [0.05, 0.1) is 19.8 Å². The standard InChI is InChI=1S/C20H21NO4/c1-21-12-11-13-7-4-5-8-14(13)17(20(21)23)18(22)15-9-6-10-16(24-2)19(15)25-3/h4-10,17H,11-12H2,1-3H3/t17-/m0/s1. The maximum atomic E-state index is 13.3. The van der Waals surface area contributed by atoms with Crippen LogP contribution in [-0.2, 0) is 11.2 Å². The molecule has 0 N–H and O–H groups in total. The number of ketones is 1. The maximum absolute atomic E-state index is 13.3. The first-order chi connectivity index (χ1) is 12.1. The average Bonchev–Trinajstić information content (AvgIpc) is 2.77. The normalized spacial score (nSPS) is 16.8. The van der Waals surface area contributed by atoms with Crippen molar-refractivity contribution in [3.8, 4) is 11.5 Å². The molecule has 0 aromatic heterocycles. The van der Waals surface area contributed by atoms with Crippen LogP contribution in [0, 0.1) is 0 Å². The number of carbonyl (C=O) groups is 2. The predicted octanol–water partition coefficient (Wildman–Crippen LogP) is 2.68. The average molecular weight is 339 g/mol. The number of ether oxygens (including phenoxy) is 2. The smallest absolute Gasteiger partial charge is 0.237 e. The number of hydrogen-bond donors (Lipinski definition) is 0. The molecule has 0 spiro atoms. The lowest BCUT2D eigenvalue weighted by molar-refractivity contribution is -0.130. The van der Waals surface area contributed by atoms with E-state index in [2.05, 4.69) is 0 Å². The van der Waals surface area contributed by atoms with E-state index < -0.39 is 5.92 Å². The van der Waals surface area contributed by atoms with Crippen LogP contribution in [0.15, 0.2) is 42.5 Å². The number of rotatable bonds is 4. The van der Waals surface area contributed by atoms with Crippen molar-refractivity contribution in [2.45, 2.75) is 12.3 Å². The summed E-state index contributed by atoms with van der Waals surface area (Å²) in [4.78, 5) is 27.9. The number of nitrogens with zero attached hydrogens (tertiary/aromatic N) is 1. The van der Waals surface area contributed by atoms with Crippen molar-refractivity contribution in [2.75, 3.05) is 27.8 Å². The third kappa shape index (κ3) is 2.97. The second-order valence-corrected chi connectivity index (χ2v) is 6.05. The molecule has 1 aliphatic rings. The summed E-state index contributed by atoms with van der Waals surface area (Å²) in [6.07, 6.45) is 0.734. The minimum Gasteiger partial charge on any atom is -0.493 e. The first-order valence-electron chi connectivity index (χ1n) is 8.16. The van der Waals surface area contributed by atoms with Crippen molar-refractivity contribution in [3.05, 3.63) is 59.2 Å². The minimum atomic E-state index is -0.871. The van der Waals surface area contributed by atoms with Gasteiger partial charge in [0, 0.05) is 13.6 Å². The van der Waals surface area contributed by atoms with E-state index in [1.54, 1.807) is 30.1 Å². The molecule has 5 heteroatoms. The molecule has 1 aliphatic heterocycles. The van der Waals surface area contributed by atoms with Gasteiger partial charge in [-0.05, 0) is 29.7 Å². The Morgan fingerprint density at radius 3 is 2.56 bits per heavy atom. The number of Topliss-reactive ketones (excluding diaryl/α,β-unsaturated/α-hetero) is 1. The number of fused-ring (bicyclic) bond motifs is 1. The van der Waals surface area contributed by atoms with Crippen molar-refractivity contribution in [2.24, 2.45) is 0 Å². The van der Waals surface area contributed by atoms with Crippen molar-refractivity contribution in [1.82, 2.24) is 4.90 Å². The molecule has 0 radical (unpaired) electrons. The number of likely N-dealkylation sites (N-methyl/N-ethyl adjacent to an activating group) is 1. The van der Waals surface area contributed by atoms with Crippen LogP contribution in [0.5, 0.6) is 11.5 Å². The van der Waals surface area contributed by atoms with E-state index in [0.717, 1.165) is 17.5 Å². The van der Waals surface area contributed by atoms with Gasteiger partial charge in [-0.1, -0.05) is 30.3 Å². The number of carbonyl (C=O) groups excluding carboxylic acids is 2. The fourth-order valence-corrected chi connectivity index (χ4v) is 3.29. The molecule has 130 valence electrons. The second kappa shape index (κ2) is 6.97. The largest absolute Gasteiger partial charge is 0.493 e. The third-order valence-corrected chi connectivity index (χ3v) is 4.64. The molecular formula is C20H21NO4. The Labute approximate surface area is 147 Å². The number of benzene rings is 2. The monoisotopic (exact) mass is 339 g/mol. The predicted molar refractivity (Wildman–Crippen MR) is 94.4 cm³/mol. The maximum Gasteiger partial charge on any atom is 0.237 e. The summed E-state index contributed by atoms with van der Waals surface area (Å²) in [7, 11) is 4.74. The molecule has 5 nitrogen and oxygen atoms in total. The van der Waals surface area contributed by atoms with Crippen LogP contribution >= 0.6 is 0 Å². The molecule has 2 aromatic carbocycles. The molecule has 0 saturated heterocycles. The Morgan fingerprint density at radius 1 is 1.08 bits per heavy atom. The highest BCUT2D eigenvalue weighted by atomic mass is 16.5. The fourth-order valence-electron chi connectivity index (χ4n) is 3.29. The number of hydrogen-bond acceptors (Lipinski definition) is 4. The molecular weight excluding hydrogens is 318 g/mol. The highest BCUT2D eigenvalue weighted by Crippen LogP contribution is 2.36. The molecule has 3 rings (SSSR count). The molecule has 0 bridgehead atoms. The van der Waals surface area contributed by atoms with Crippen molar-refractivity contribution >= 4 is 11.7 Å². The summed E-state index contributed by atoms with van der Waals surface area (Å²) < 4.78 is 10.7. The Bertz CT molecular complexity index is 815. The molecule has 1 heterocycles.